The van der Waals surface area contributed by atoms with Gasteiger partial charge in [-0.3, -0.25) is 14.3 Å². The summed E-state index contributed by atoms with van der Waals surface area (Å²) in [5.41, 5.74) is 6.11. The lowest BCUT2D eigenvalue weighted by Crippen LogP contribution is -2.29. The Hall–Kier alpha value is -1.89. The van der Waals surface area contributed by atoms with Gasteiger partial charge in [0.25, 0.3) is 0 Å². The summed E-state index contributed by atoms with van der Waals surface area (Å²) in [5.74, 6) is -0.365. The standard InChI is InChI=1S/C13H21N5O2/c1-2-9(5-14)13(20)17-11-6-15-18(7-11)8-12(19)16-10-3-4-10/h6-7,9-10H,2-5,8,14H2,1H3,(H,16,19)(H,17,20). The highest BCUT2D eigenvalue weighted by Gasteiger charge is 2.23. The molecule has 2 rings (SSSR count). The third-order valence-corrected chi connectivity index (χ3v) is 3.30. The Labute approximate surface area is 117 Å². The molecular weight excluding hydrogens is 258 g/mol. The van der Waals surface area contributed by atoms with Crippen molar-refractivity contribution >= 4 is 17.5 Å². The van der Waals surface area contributed by atoms with E-state index in [2.05, 4.69) is 15.7 Å². The van der Waals surface area contributed by atoms with E-state index in [1.807, 2.05) is 6.92 Å². The van der Waals surface area contributed by atoms with Crippen LogP contribution in [0.2, 0.25) is 0 Å². The summed E-state index contributed by atoms with van der Waals surface area (Å²) >= 11 is 0. The third kappa shape index (κ3) is 4.06. The van der Waals surface area contributed by atoms with Gasteiger partial charge in [0.1, 0.15) is 6.54 Å². The number of nitrogens with two attached hydrogens (primary N) is 1. The zero-order chi connectivity index (χ0) is 14.5. The third-order valence-electron chi connectivity index (χ3n) is 3.30. The predicted molar refractivity (Wildman–Crippen MR) is 74.9 cm³/mol. The molecular formula is C13H21N5O2. The van der Waals surface area contributed by atoms with E-state index in [1.54, 1.807) is 6.20 Å². The fraction of sp³-hybridized carbons (Fsp3) is 0.615. The largest absolute Gasteiger partial charge is 0.352 e. The van der Waals surface area contributed by atoms with Crippen LogP contribution in [0.4, 0.5) is 5.69 Å². The summed E-state index contributed by atoms with van der Waals surface area (Å²) in [6.45, 7) is 2.41. The van der Waals surface area contributed by atoms with Crippen molar-refractivity contribution in [3.8, 4) is 0 Å². The predicted octanol–water partition coefficient (Wildman–Crippen LogP) is 0.0851. The fourth-order valence-corrected chi connectivity index (χ4v) is 1.87. The lowest BCUT2D eigenvalue weighted by Gasteiger charge is -2.10. The fourth-order valence-electron chi connectivity index (χ4n) is 1.87. The number of amides is 2. The summed E-state index contributed by atoms with van der Waals surface area (Å²) in [7, 11) is 0. The molecule has 0 radical (unpaired) electrons. The van der Waals surface area contributed by atoms with Gasteiger partial charge in [0, 0.05) is 18.8 Å². The minimum atomic E-state index is -0.198. The Bertz CT molecular complexity index is 477. The highest BCUT2D eigenvalue weighted by atomic mass is 16.2. The van der Waals surface area contributed by atoms with Crippen LogP contribution < -0.4 is 16.4 Å². The minimum absolute atomic E-state index is 0.0538. The molecule has 1 atom stereocenters. The summed E-state index contributed by atoms with van der Waals surface area (Å²) in [6, 6.07) is 0.340. The van der Waals surface area contributed by atoms with Crippen molar-refractivity contribution in [1.82, 2.24) is 15.1 Å². The van der Waals surface area contributed by atoms with Crippen LogP contribution in [0.25, 0.3) is 0 Å². The van der Waals surface area contributed by atoms with Crippen molar-refractivity contribution < 1.29 is 9.59 Å². The quantitative estimate of drug-likeness (QED) is 0.658. The van der Waals surface area contributed by atoms with E-state index < -0.39 is 0 Å². The van der Waals surface area contributed by atoms with Crippen LogP contribution in [-0.4, -0.2) is 34.2 Å². The maximum atomic E-state index is 11.9. The van der Waals surface area contributed by atoms with Gasteiger partial charge < -0.3 is 16.4 Å². The number of rotatable bonds is 7. The molecule has 1 heterocycles. The molecule has 1 aliphatic rings. The van der Waals surface area contributed by atoms with Gasteiger partial charge in [-0.25, -0.2) is 0 Å². The van der Waals surface area contributed by atoms with Gasteiger partial charge in [-0.2, -0.15) is 5.10 Å². The molecule has 1 aliphatic carbocycles. The first kappa shape index (κ1) is 14.5. The van der Waals surface area contributed by atoms with Crippen molar-refractivity contribution in [2.24, 2.45) is 11.7 Å². The average molecular weight is 279 g/mol. The lowest BCUT2D eigenvalue weighted by atomic mass is 10.1. The molecule has 1 saturated carbocycles. The molecule has 2 amide bonds. The summed E-state index contributed by atoms with van der Waals surface area (Å²) < 4.78 is 1.51. The van der Waals surface area contributed by atoms with Crippen LogP contribution in [0.15, 0.2) is 12.4 Å². The Morgan fingerprint density at radius 2 is 2.30 bits per heavy atom. The molecule has 1 aromatic heterocycles. The number of nitrogens with one attached hydrogen (secondary N) is 2. The molecule has 7 nitrogen and oxygen atoms in total. The van der Waals surface area contributed by atoms with Gasteiger partial charge >= 0.3 is 0 Å². The number of hydrogen-bond acceptors (Lipinski definition) is 4. The Morgan fingerprint density at radius 1 is 1.55 bits per heavy atom. The zero-order valence-corrected chi connectivity index (χ0v) is 11.6. The molecule has 1 fully saturated rings. The Morgan fingerprint density at radius 3 is 2.90 bits per heavy atom. The van der Waals surface area contributed by atoms with Crippen LogP contribution in [0.1, 0.15) is 26.2 Å². The van der Waals surface area contributed by atoms with Crippen LogP contribution in [-0.2, 0) is 16.1 Å². The monoisotopic (exact) mass is 279 g/mol. The highest BCUT2D eigenvalue weighted by molar-refractivity contribution is 5.92. The normalized spacial score (nSPS) is 15.7. The van der Waals surface area contributed by atoms with Crippen LogP contribution >= 0.6 is 0 Å². The van der Waals surface area contributed by atoms with E-state index in [9.17, 15) is 9.59 Å². The molecule has 7 heteroatoms. The maximum Gasteiger partial charge on any atom is 0.241 e. The van der Waals surface area contributed by atoms with Crippen molar-refractivity contribution in [3.05, 3.63) is 12.4 Å². The average Bonchev–Trinajstić information content (AvgIpc) is 3.11. The number of anilines is 1. The van der Waals surface area contributed by atoms with E-state index >= 15 is 0 Å². The van der Waals surface area contributed by atoms with Gasteiger partial charge in [-0.05, 0) is 19.3 Å². The second kappa shape index (κ2) is 6.51. The topological polar surface area (TPSA) is 102 Å². The van der Waals surface area contributed by atoms with E-state index in [-0.39, 0.29) is 24.3 Å². The molecule has 1 unspecified atom stereocenters. The van der Waals surface area contributed by atoms with Crippen molar-refractivity contribution in [2.45, 2.75) is 38.8 Å². The highest BCUT2D eigenvalue weighted by Crippen LogP contribution is 2.18. The first-order valence-electron chi connectivity index (χ1n) is 6.95. The molecule has 110 valence electrons. The van der Waals surface area contributed by atoms with Gasteiger partial charge in [0.05, 0.1) is 17.8 Å². The molecule has 0 saturated heterocycles. The van der Waals surface area contributed by atoms with E-state index in [0.29, 0.717) is 24.7 Å². The number of carbonyl (C=O) groups excluding carboxylic acids is 2. The Balaban J connectivity index is 1.84. The molecule has 20 heavy (non-hydrogen) atoms. The first-order valence-corrected chi connectivity index (χ1v) is 6.95. The minimum Gasteiger partial charge on any atom is -0.352 e. The van der Waals surface area contributed by atoms with E-state index in [4.69, 9.17) is 5.73 Å². The molecule has 0 bridgehead atoms. The number of carbonyl (C=O) groups is 2. The number of hydrogen-bond donors (Lipinski definition) is 3. The van der Waals surface area contributed by atoms with E-state index in [1.165, 1.54) is 10.9 Å². The molecule has 0 spiro atoms. The summed E-state index contributed by atoms with van der Waals surface area (Å²) in [5, 5.41) is 9.70. The summed E-state index contributed by atoms with van der Waals surface area (Å²) in [4.78, 5) is 23.5. The molecule has 0 aliphatic heterocycles. The van der Waals surface area contributed by atoms with Crippen molar-refractivity contribution in [1.29, 1.82) is 0 Å². The lowest BCUT2D eigenvalue weighted by molar-refractivity contribution is -0.122. The molecule has 1 aromatic rings. The van der Waals surface area contributed by atoms with Crippen LogP contribution in [0.5, 0.6) is 0 Å². The smallest absolute Gasteiger partial charge is 0.241 e. The summed E-state index contributed by atoms with van der Waals surface area (Å²) in [6.07, 6.45) is 5.99. The Kier molecular flexibility index (Phi) is 4.73. The first-order chi connectivity index (χ1) is 9.62. The molecule has 4 N–H and O–H groups in total. The SMILES string of the molecule is CCC(CN)C(=O)Nc1cnn(CC(=O)NC2CC2)c1. The van der Waals surface area contributed by atoms with Crippen molar-refractivity contribution in [3.63, 3.8) is 0 Å². The molecule has 0 aromatic carbocycles. The zero-order valence-electron chi connectivity index (χ0n) is 11.6. The van der Waals surface area contributed by atoms with E-state index in [0.717, 1.165) is 12.8 Å². The van der Waals surface area contributed by atoms with Crippen LogP contribution in [0, 0.1) is 5.92 Å². The van der Waals surface area contributed by atoms with Gasteiger partial charge in [-0.15, -0.1) is 0 Å². The van der Waals surface area contributed by atoms with Crippen molar-refractivity contribution in [2.75, 3.05) is 11.9 Å². The van der Waals surface area contributed by atoms with Crippen LogP contribution in [0.3, 0.4) is 0 Å². The number of aromatic nitrogens is 2. The maximum absolute atomic E-state index is 11.9. The second-order valence-corrected chi connectivity index (χ2v) is 5.10. The second-order valence-electron chi connectivity index (χ2n) is 5.10. The van der Waals surface area contributed by atoms with Gasteiger partial charge in [0.15, 0.2) is 0 Å². The number of nitrogens with zero attached hydrogens (tertiary/aromatic N) is 2. The van der Waals surface area contributed by atoms with Gasteiger partial charge in [0.2, 0.25) is 11.8 Å². The van der Waals surface area contributed by atoms with Gasteiger partial charge in [-0.1, -0.05) is 6.92 Å².